The van der Waals surface area contributed by atoms with E-state index in [0.717, 1.165) is 5.69 Å². The summed E-state index contributed by atoms with van der Waals surface area (Å²) in [6, 6.07) is 1.92. The standard InChI is InChI=1S/C4H6N2.C2H4O2/c1-4-2-3-5-6-4;1-4-2-3/h2-3H,1H3,(H,5,6);2H,1H3. The number of nitrogens with one attached hydrogen (secondary N) is 1. The summed E-state index contributed by atoms with van der Waals surface area (Å²) in [7, 11) is 1.31. The van der Waals surface area contributed by atoms with Crippen LogP contribution in [0.15, 0.2) is 12.3 Å². The molecule has 1 aromatic heterocycles. The van der Waals surface area contributed by atoms with Crippen molar-refractivity contribution in [1.29, 1.82) is 0 Å². The van der Waals surface area contributed by atoms with E-state index in [1.54, 1.807) is 6.20 Å². The molecule has 0 unspecified atom stereocenters. The first kappa shape index (κ1) is 8.68. The van der Waals surface area contributed by atoms with Crippen molar-refractivity contribution >= 4 is 6.47 Å². The lowest BCUT2D eigenvalue weighted by molar-refractivity contribution is -0.126. The van der Waals surface area contributed by atoms with Crippen LogP contribution in [0.5, 0.6) is 0 Å². The Kier molecular flexibility index (Phi) is 5.04. The number of aromatic nitrogens is 2. The number of methoxy groups -OCH3 is 1. The maximum absolute atomic E-state index is 8.95. The van der Waals surface area contributed by atoms with Gasteiger partial charge in [0, 0.05) is 11.9 Å². The molecule has 1 heterocycles. The Morgan fingerprint density at radius 1 is 1.80 bits per heavy atom. The van der Waals surface area contributed by atoms with Gasteiger partial charge in [0.1, 0.15) is 0 Å². The molecule has 0 amide bonds. The number of hydrogen-bond donors (Lipinski definition) is 1. The van der Waals surface area contributed by atoms with E-state index < -0.39 is 0 Å². The van der Waals surface area contributed by atoms with E-state index >= 15 is 0 Å². The molecule has 0 saturated heterocycles. The fourth-order valence-corrected chi connectivity index (χ4v) is 0.325. The number of aryl methyl sites for hydroxylation is 1. The third kappa shape index (κ3) is 4.83. The van der Waals surface area contributed by atoms with Crippen molar-refractivity contribution in [3.63, 3.8) is 0 Å². The summed E-state index contributed by atoms with van der Waals surface area (Å²) in [6.07, 6.45) is 1.73. The minimum atomic E-state index is 0.375. The van der Waals surface area contributed by atoms with Crippen molar-refractivity contribution in [1.82, 2.24) is 10.2 Å². The fraction of sp³-hybridized carbons (Fsp3) is 0.333. The Bertz CT molecular complexity index is 160. The molecule has 1 aromatic rings. The Hall–Kier alpha value is -1.32. The van der Waals surface area contributed by atoms with Gasteiger partial charge in [0.2, 0.25) is 0 Å². The summed E-state index contributed by atoms with van der Waals surface area (Å²) >= 11 is 0. The highest BCUT2D eigenvalue weighted by atomic mass is 16.5. The van der Waals surface area contributed by atoms with E-state index in [4.69, 9.17) is 4.79 Å². The molecule has 56 valence electrons. The third-order valence-electron chi connectivity index (χ3n) is 0.736. The quantitative estimate of drug-likeness (QED) is 0.581. The Morgan fingerprint density at radius 2 is 2.40 bits per heavy atom. The predicted molar refractivity (Wildman–Crippen MR) is 36.4 cm³/mol. The van der Waals surface area contributed by atoms with Gasteiger partial charge in [-0.25, -0.2) is 0 Å². The zero-order chi connectivity index (χ0) is 7.82. The van der Waals surface area contributed by atoms with Gasteiger partial charge in [-0.3, -0.25) is 9.89 Å². The molecule has 0 fully saturated rings. The highest BCUT2D eigenvalue weighted by Crippen LogP contribution is 1.82. The number of carbonyl (C=O) groups excluding carboxylic acids is 1. The van der Waals surface area contributed by atoms with Crippen LogP contribution in [0.1, 0.15) is 5.69 Å². The smallest absolute Gasteiger partial charge is 0.292 e. The highest BCUT2D eigenvalue weighted by Gasteiger charge is 1.73. The molecular weight excluding hydrogens is 132 g/mol. The van der Waals surface area contributed by atoms with Crippen molar-refractivity contribution < 1.29 is 9.53 Å². The number of nitrogens with zero attached hydrogens (tertiary/aromatic N) is 1. The molecule has 4 heteroatoms. The monoisotopic (exact) mass is 142 g/mol. The summed E-state index contributed by atoms with van der Waals surface area (Å²) < 4.78 is 3.86. The lowest BCUT2D eigenvalue weighted by Gasteiger charge is -1.68. The van der Waals surface area contributed by atoms with Crippen LogP contribution >= 0.6 is 0 Å². The second-order valence-corrected chi connectivity index (χ2v) is 1.57. The minimum absolute atomic E-state index is 0.375. The normalized spacial score (nSPS) is 7.40. The first-order valence-corrected chi connectivity index (χ1v) is 2.73. The maximum atomic E-state index is 8.95. The van der Waals surface area contributed by atoms with Crippen LogP contribution < -0.4 is 0 Å². The molecular formula is C6H10N2O2. The van der Waals surface area contributed by atoms with E-state index in [1.807, 2.05) is 13.0 Å². The van der Waals surface area contributed by atoms with Gasteiger partial charge in [-0.1, -0.05) is 0 Å². The van der Waals surface area contributed by atoms with Gasteiger partial charge in [-0.2, -0.15) is 5.10 Å². The van der Waals surface area contributed by atoms with Crippen LogP contribution in [0.2, 0.25) is 0 Å². The lowest BCUT2D eigenvalue weighted by Crippen LogP contribution is -1.68. The molecule has 10 heavy (non-hydrogen) atoms. The van der Waals surface area contributed by atoms with E-state index in [2.05, 4.69) is 14.9 Å². The molecule has 0 aromatic carbocycles. The van der Waals surface area contributed by atoms with Crippen molar-refractivity contribution in [3.8, 4) is 0 Å². The summed E-state index contributed by atoms with van der Waals surface area (Å²) in [5, 5.41) is 6.45. The molecule has 0 aliphatic carbocycles. The molecule has 4 nitrogen and oxygen atoms in total. The van der Waals surface area contributed by atoms with E-state index in [0.29, 0.717) is 6.47 Å². The highest BCUT2D eigenvalue weighted by molar-refractivity contribution is 5.36. The first-order chi connectivity index (χ1) is 4.81. The van der Waals surface area contributed by atoms with Gasteiger partial charge in [-0.05, 0) is 13.0 Å². The third-order valence-corrected chi connectivity index (χ3v) is 0.736. The van der Waals surface area contributed by atoms with Gasteiger partial charge in [0.05, 0.1) is 7.11 Å². The zero-order valence-electron chi connectivity index (χ0n) is 6.00. The molecule has 0 saturated carbocycles. The molecule has 1 rings (SSSR count). The number of ether oxygens (including phenoxy) is 1. The van der Waals surface area contributed by atoms with Crippen LogP contribution in [0.4, 0.5) is 0 Å². The molecule has 0 aliphatic rings. The van der Waals surface area contributed by atoms with Gasteiger partial charge in [0.15, 0.2) is 0 Å². The number of hydrogen-bond acceptors (Lipinski definition) is 3. The van der Waals surface area contributed by atoms with Crippen LogP contribution in [-0.4, -0.2) is 23.8 Å². The maximum Gasteiger partial charge on any atom is 0.292 e. The number of rotatable bonds is 1. The van der Waals surface area contributed by atoms with Crippen molar-refractivity contribution in [2.45, 2.75) is 6.92 Å². The number of carbonyl (C=O) groups is 1. The zero-order valence-corrected chi connectivity index (χ0v) is 6.00. The number of H-pyrrole nitrogens is 1. The molecule has 0 aliphatic heterocycles. The van der Waals surface area contributed by atoms with Crippen LogP contribution in [0.25, 0.3) is 0 Å². The van der Waals surface area contributed by atoms with Crippen molar-refractivity contribution in [3.05, 3.63) is 18.0 Å². The van der Waals surface area contributed by atoms with Gasteiger partial charge in [-0.15, -0.1) is 0 Å². The van der Waals surface area contributed by atoms with Gasteiger partial charge >= 0.3 is 0 Å². The Balaban J connectivity index is 0.000000180. The Morgan fingerprint density at radius 3 is 2.50 bits per heavy atom. The first-order valence-electron chi connectivity index (χ1n) is 2.73. The van der Waals surface area contributed by atoms with Crippen LogP contribution in [0, 0.1) is 6.92 Å². The Labute approximate surface area is 59.2 Å². The minimum Gasteiger partial charge on any atom is -0.471 e. The van der Waals surface area contributed by atoms with Crippen LogP contribution in [-0.2, 0) is 9.53 Å². The topological polar surface area (TPSA) is 55.0 Å². The lowest BCUT2D eigenvalue weighted by atomic mass is 10.5. The van der Waals surface area contributed by atoms with Crippen LogP contribution in [0.3, 0.4) is 0 Å². The van der Waals surface area contributed by atoms with E-state index in [-0.39, 0.29) is 0 Å². The summed E-state index contributed by atoms with van der Waals surface area (Å²) in [5.74, 6) is 0. The van der Waals surface area contributed by atoms with Crippen molar-refractivity contribution in [2.75, 3.05) is 7.11 Å². The molecule has 0 atom stereocenters. The fourth-order valence-electron chi connectivity index (χ4n) is 0.325. The largest absolute Gasteiger partial charge is 0.471 e. The molecule has 0 spiro atoms. The predicted octanol–water partition coefficient (Wildman–Crippen LogP) is 0.507. The second kappa shape index (κ2) is 5.81. The van der Waals surface area contributed by atoms with Gasteiger partial charge in [0.25, 0.3) is 6.47 Å². The molecule has 1 N–H and O–H groups in total. The van der Waals surface area contributed by atoms with Gasteiger partial charge < -0.3 is 4.74 Å². The summed E-state index contributed by atoms with van der Waals surface area (Å²) in [5.41, 5.74) is 1.11. The van der Waals surface area contributed by atoms with Crippen molar-refractivity contribution in [2.24, 2.45) is 0 Å². The molecule has 0 bridgehead atoms. The SMILES string of the molecule is COC=O.Cc1ccn[nH]1. The number of aromatic amines is 1. The summed E-state index contributed by atoms with van der Waals surface area (Å²) in [6.45, 7) is 2.34. The van der Waals surface area contributed by atoms with E-state index in [1.165, 1.54) is 7.11 Å². The van der Waals surface area contributed by atoms with E-state index in [9.17, 15) is 0 Å². The average Bonchev–Trinajstić information content (AvgIpc) is 2.40. The second-order valence-electron chi connectivity index (χ2n) is 1.57. The molecule has 0 radical (unpaired) electrons. The summed E-state index contributed by atoms with van der Waals surface area (Å²) in [4.78, 5) is 8.95. The average molecular weight is 142 g/mol.